The lowest BCUT2D eigenvalue weighted by atomic mass is 10.1. The first-order valence-electron chi connectivity index (χ1n) is 12.1. The Morgan fingerprint density at radius 2 is 1.78 bits per heavy atom. The number of hydrogen-bond acceptors (Lipinski definition) is 6. The number of nitrogens with zero attached hydrogens (tertiary/aromatic N) is 5. The molecule has 0 atom stereocenters. The Morgan fingerprint density at radius 3 is 2.42 bits per heavy atom. The van der Waals surface area contributed by atoms with Crippen molar-refractivity contribution in [3.63, 3.8) is 0 Å². The van der Waals surface area contributed by atoms with Crippen LogP contribution < -0.4 is 16.1 Å². The van der Waals surface area contributed by atoms with Crippen LogP contribution in [0, 0.1) is 11.8 Å². The molecule has 10 nitrogen and oxygen atoms in total. The van der Waals surface area contributed by atoms with E-state index in [1.807, 2.05) is 56.0 Å². The molecule has 1 amide bonds. The van der Waals surface area contributed by atoms with E-state index in [0.717, 1.165) is 5.56 Å². The van der Waals surface area contributed by atoms with Gasteiger partial charge in [0.2, 0.25) is 5.95 Å². The number of benzene rings is 1. The van der Waals surface area contributed by atoms with E-state index in [1.54, 1.807) is 16.4 Å². The zero-order valence-corrected chi connectivity index (χ0v) is 21.2. The van der Waals surface area contributed by atoms with E-state index in [0.29, 0.717) is 44.1 Å². The van der Waals surface area contributed by atoms with Gasteiger partial charge in [0.05, 0.1) is 6.54 Å². The van der Waals surface area contributed by atoms with Gasteiger partial charge in [-0.1, -0.05) is 36.3 Å². The number of aromatic nitrogens is 4. The molecule has 10 heteroatoms. The van der Waals surface area contributed by atoms with Gasteiger partial charge in [-0.25, -0.2) is 9.59 Å². The van der Waals surface area contributed by atoms with Gasteiger partial charge in [0.25, 0.3) is 5.56 Å². The first-order chi connectivity index (χ1) is 17.2. The van der Waals surface area contributed by atoms with Crippen molar-refractivity contribution in [1.82, 2.24) is 24.0 Å². The Morgan fingerprint density at radius 1 is 1.08 bits per heavy atom. The molecular formula is C26H32N6O4. The first kappa shape index (κ1) is 25.1. The fourth-order valence-electron chi connectivity index (χ4n) is 4.19. The lowest BCUT2D eigenvalue weighted by Crippen LogP contribution is -2.50. The van der Waals surface area contributed by atoms with Crippen molar-refractivity contribution in [3.05, 3.63) is 56.7 Å². The summed E-state index contributed by atoms with van der Waals surface area (Å²) in [5, 5.41) is 0. The molecule has 1 aliphatic heterocycles. The van der Waals surface area contributed by atoms with Crippen LogP contribution in [0.2, 0.25) is 0 Å². The summed E-state index contributed by atoms with van der Waals surface area (Å²) in [7, 11) is 0. The van der Waals surface area contributed by atoms with Gasteiger partial charge in [0, 0.05) is 32.7 Å². The van der Waals surface area contributed by atoms with E-state index in [2.05, 4.69) is 21.8 Å². The van der Waals surface area contributed by atoms with E-state index in [1.165, 1.54) is 4.57 Å². The zero-order chi connectivity index (χ0) is 25.9. The monoisotopic (exact) mass is 492 g/mol. The molecule has 1 fully saturated rings. The van der Waals surface area contributed by atoms with Gasteiger partial charge in [-0.2, -0.15) is 4.98 Å². The smallest absolute Gasteiger partial charge is 0.410 e. The van der Waals surface area contributed by atoms with Crippen molar-refractivity contribution in [1.29, 1.82) is 0 Å². The number of ether oxygens (including phenoxy) is 1. The molecule has 4 rings (SSSR count). The van der Waals surface area contributed by atoms with E-state index < -0.39 is 16.9 Å². The number of imidazole rings is 1. The average molecular weight is 493 g/mol. The van der Waals surface area contributed by atoms with Crippen LogP contribution in [0.5, 0.6) is 0 Å². The fraction of sp³-hybridized carbons (Fsp3) is 0.462. The third kappa shape index (κ3) is 5.46. The summed E-state index contributed by atoms with van der Waals surface area (Å²) in [6.45, 7) is 9.69. The number of fused-ring (bicyclic) bond motifs is 1. The molecule has 3 aromatic rings. The van der Waals surface area contributed by atoms with Gasteiger partial charge < -0.3 is 14.5 Å². The Hall–Kier alpha value is -4.00. The second kappa shape index (κ2) is 10.3. The summed E-state index contributed by atoms with van der Waals surface area (Å²) in [5.74, 6) is 6.43. The highest BCUT2D eigenvalue weighted by Crippen LogP contribution is 2.21. The van der Waals surface area contributed by atoms with Crippen LogP contribution in [-0.4, -0.2) is 61.9 Å². The van der Waals surface area contributed by atoms with E-state index in [4.69, 9.17) is 4.74 Å². The molecule has 36 heavy (non-hydrogen) atoms. The normalized spacial score (nSPS) is 14.0. The van der Waals surface area contributed by atoms with Gasteiger partial charge in [0.1, 0.15) is 5.60 Å². The Kier molecular flexibility index (Phi) is 7.20. The molecule has 0 saturated carbocycles. The lowest BCUT2D eigenvalue weighted by Gasteiger charge is -2.36. The molecular weight excluding hydrogens is 460 g/mol. The van der Waals surface area contributed by atoms with Crippen LogP contribution in [0.4, 0.5) is 10.7 Å². The van der Waals surface area contributed by atoms with E-state index in [-0.39, 0.29) is 24.8 Å². The summed E-state index contributed by atoms with van der Waals surface area (Å²) in [6, 6.07) is 9.72. The van der Waals surface area contributed by atoms with Crippen molar-refractivity contribution >= 4 is 23.2 Å². The second-order valence-electron chi connectivity index (χ2n) is 9.70. The molecule has 3 heterocycles. The Balaban J connectivity index is 1.63. The number of nitrogens with one attached hydrogen (secondary N) is 1. The number of rotatable bonds is 5. The minimum atomic E-state index is -0.562. The molecule has 1 aliphatic rings. The minimum Gasteiger partial charge on any atom is -0.444 e. The lowest BCUT2D eigenvalue weighted by molar-refractivity contribution is 0.0240. The summed E-state index contributed by atoms with van der Waals surface area (Å²) < 4.78 is 8.46. The molecule has 190 valence electrons. The van der Waals surface area contributed by atoms with Crippen LogP contribution >= 0.6 is 0 Å². The van der Waals surface area contributed by atoms with Crippen LogP contribution in [0.1, 0.15) is 33.3 Å². The number of aryl methyl sites for hydroxylation is 1. The highest BCUT2D eigenvalue weighted by molar-refractivity contribution is 5.74. The van der Waals surface area contributed by atoms with Crippen molar-refractivity contribution < 1.29 is 9.53 Å². The van der Waals surface area contributed by atoms with Crippen LogP contribution in [0.15, 0.2) is 39.9 Å². The molecule has 2 aromatic heterocycles. The topological polar surface area (TPSA) is 105 Å². The maximum Gasteiger partial charge on any atom is 0.410 e. The highest BCUT2D eigenvalue weighted by atomic mass is 16.6. The number of anilines is 1. The SMILES string of the molecule is CC#CCn1c(N2CCN(C(=O)OC(C)(C)C)CC2)nc2[nH]c(=O)n(CCc3ccccc3)c(=O)c21. The standard InChI is InChI=1S/C26H32N6O4/c1-5-6-13-31-20-21(28-24(34)32(22(20)33)14-12-19-10-8-7-9-11-19)27-23(31)29-15-17-30(18-16-29)25(35)36-26(2,3)4/h7-11H,12-18H2,1-4H3,(H,28,34). The summed E-state index contributed by atoms with van der Waals surface area (Å²) in [6.07, 6.45) is 0.204. The second-order valence-corrected chi connectivity index (χ2v) is 9.70. The van der Waals surface area contributed by atoms with Crippen molar-refractivity contribution in [3.8, 4) is 11.8 Å². The Labute approximate surface area is 209 Å². The van der Waals surface area contributed by atoms with Gasteiger partial charge in [0.15, 0.2) is 11.2 Å². The molecule has 0 radical (unpaired) electrons. The van der Waals surface area contributed by atoms with E-state index >= 15 is 0 Å². The highest BCUT2D eigenvalue weighted by Gasteiger charge is 2.29. The summed E-state index contributed by atoms with van der Waals surface area (Å²) in [5.41, 5.74) is 0.147. The quantitative estimate of drug-likeness (QED) is 0.548. The predicted molar refractivity (Wildman–Crippen MR) is 138 cm³/mol. The van der Waals surface area contributed by atoms with Crippen LogP contribution in [-0.2, 0) is 24.2 Å². The number of carbonyl (C=O) groups excluding carboxylic acids is 1. The maximum atomic E-state index is 13.5. The summed E-state index contributed by atoms with van der Waals surface area (Å²) in [4.78, 5) is 49.8. The van der Waals surface area contributed by atoms with Crippen LogP contribution in [0.3, 0.4) is 0 Å². The zero-order valence-electron chi connectivity index (χ0n) is 21.2. The maximum absolute atomic E-state index is 13.5. The van der Waals surface area contributed by atoms with Gasteiger partial charge in [-0.3, -0.25) is 18.9 Å². The van der Waals surface area contributed by atoms with Gasteiger partial charge in [-0.05, 0) is 39.7 Å². The van der Waals surface area contributed by atoms with Gasteiger partial charge in [-0.15, -0.1) is 5.92 Å². The average Bonchev–Trinajstić information content (AvgIpc) is 3.20. The number of piperazine rings is 1. The Bertz CT molecular complexity index is 1410. The number of H-pyrrole nitrogens is 1. The largest absolute Gasteiger partial charge is 0.444 e. The first-order valence-corrected chi connectivity index (χ1v) is 12.1. The van der Waals surface area contributed by atoms with Crippen LogP contribution in [0.25, 0.3) is 11.2 Å². The number of hydrogen-bond donors (Lipinski definition) is 1. The van der Waals surface area contributed by atoms with Crippen molar-refractivity contribution in [2.45, 2.75) is 52.8 Å². The third-order valence-electron chi connectivity index (χ3n) is 5.96. The number of aromatic amines is 1. The molecule has 1 saturated heterocycles. The molecule has 0 aliphatic carbocycles. The minimum absolute atomic E-state index is 0.239. The third-order valence-corrected chi connectivity index (χ3v) is 5.96. The molecule has 0 unspecified atom stereocenters. The number of carbonyl (C=O) groups is 1. The van der Waals surface area contributed by atoms with E-state index in [9.17, 15) is 14.4 Å². The van der Waals surface area contributed by atoms with Crippen molar-refractivity contribution in [2.75, 3.05) is 31.1 Å². The molecule has 0 spiro atoms. The fourth-order valence-corrected chi connectivity index (χ4v) is 4.19. The molecule has 1 aromatic carbocycles. The molecule has 0 bridgehead atoms. The number of amides is 1. The van der Waals surface area contributed by atoms with Crippen molar-refractivity contribution in [2.24, 2.45) is 0 Å². The van der Waals surface area contributed by atoms with Gasteiger partial charge >= 0.3 is 11.8 Å². The predicted octanol–water partition coefficient (Wildman–Crippen LogP) is 2.21. The summed E-state index contributed by atoms with van der Waals surface area (Å²) >= 11 is 0. The molecule has 1 N–H and O–H groups in total.